The van der Waals surface area contributed by atoms with E-state index >= 15 is 0 Å². The van der Waals surface area contributed by atoms with Gasteiger partial charge in [-0.2, -0.15) is 5.26 Å². The lowest BCUT2D eigenvalue weighted by atomic mass is 10.0. The summed E-state index contributed by atoms with van der Waals surface area (Å²) in [7, 11) is 0. The molecule has 4 nitrogen and oxygen atoms in total. The molecule has 1 aromatic rings. The topological polar surface area (TPSA) is 67.5 Å². The van der Waals surface area contributed by atoms with Crippen LogP contribution in [0.2, 0.25) is 0 Å². The number of rotatable bonds is 4. The number of aliphatic hydroxyl groups is 2. The van der Waals surface area contributed by atoms with E-state index in [4.69, 9.17) is 5.26 Å². The van der Waals surface area contributed by atoms with Gasteiger partial charge in [-0.3, -0.25) is 4.90 Å². The molecule has 2 atom stereocenters. The summed E-state index contributed by atoms with van der Waals surface area (Å²) in [4.78, 5) is 2.16. The van der Waals surface area contributed by atoms with Gasteiger partial charge in [0.2, 0.25) is 0 Å². The molecule has 0 aromatic heterocycles. The van der Waals surface area contributed by atoms with Crippen molar-refractivity contribution in [1.29, 1.82) is 5.26 Å². The zero-order valence-corrected chi connectivity index (χ0v) is 11.0. The van der Waals surface area contributed by atoms with E-state index in [1.165, 1.54) is 0 Å². The van der Waals surface area contributed by atoms with Gasteiger partial charge < -0.3 is 10.2 Å². The number of benzene rings is 1. The molecule has 2 N–H and O–H groups in total. The molecule has 0 saturated carbocycles. The van der Waals surface area contributed by atoms with E-state index < -0.39 is 6.10 Å². The summed E-state index contributed by atoms with van der Waals surface area (Å²) in [6.45, 7) is 1.62. The first-order valence-electron chi connectivity index (χ1n) is 6.77. The number of aliphatic hydroxyl groups excluding tert-OH is 2. The molecule has 1 saturated heterocycles. The van der Waals surface area contributed by atoms with Crippen molar-refractivity contribution in [2.75, 3.05) is 19.7 Å². The first-order valence-corrected chi connectivity index (χ1v) is 6.77. The molecule has 102 valence electrons. The molecule has 1 aliphatic rings. The summed E-state index contributed by atoms with van der Waals surface area (Å²) in [5, 5.41) is 28.3. The molecule has 0 amide bonds. The largest absolute Gasteiger partial charge is 0.395 e. The Morgan fingerprint density at radius 3 is 2.68 bits per heavy atom. The fourth-order valence-electron chi connectivity index (χ4n) is 2.61. The second kappa shape index (κ2) is 6.67. The van der Waals surface area contributed by atoms with Gasteiger partial charge in [-0.15, -0.1) is 0 Å². The van der Waals surface area contributed by atoms with Crippen molar-refractivity contribution in [3.05, 3.63) is 35.4 Å². The van der Waals surface area contributed by atoms with Gasteiger partial charge in [0, 0.05) is 12.6 Å². The quantitative estimate of drug-likeness (QED) is 0.859. The molecule has 1 aliphatic heterocycles. The van der Waals surface area contributed by atoms with Crippen LogP contribution in [0.25, 0.3) is 0 Å². The summed E-state index contributed by atoms with van der Waals surface area (Å²) >= 11 is 0. The molecule has 0 aliphatic carbocycles. The summed E-state index contributed by atoms with van der Waals surface area (Å²) in [5.74, 6) is 0. The smallest absolute Gasteiger partial charge is 0.0991 e. The van der Waals surface area contributed by atoms with E-state index in [1.807, 2.05) is 0 Å². The average molecular weight is 260 g/mol. The number of piperidine rings is 1. The third kappa shape index (κ3) is 3.54. The minimum atomic E-state index is -0.570. The lowest BCUT2D eigenvalue weighted by Gasteiger charge is -2.35. The van der Waals surface area contributed by atoms with Crippen LogP contribution in [-0.2, 0) is 0 Å². The van der Waals surface area contributed by atoms with E-state index in [0.717, 1.165) is 31.4 Å². The Labute approximate surface area is 113 Å². The van der Waals surface area contributed by atoms with Gasteiger partial charge in [0.25, 0.3) is 0 Å². The van der Waals surface area contributed by atoms with Crippen LogP contribution in [0.15, 0.2) is 24.3 Å². The highest BCUT2D eigenvalue weighted by Crippen LogP contribution is 2.21. The summed E-state index contributed by atoms with van der Waals surface area (Å²) in [5.41, 5.74) is 1.42. The predicted octanol–water partition coefficient (Wildman–Crippen LogP) is 1.44. The molecule has 2 rings (SSSR count). The Kier molecular flexibility index (Phi) is 4.92. The van der Waals surface area contributed by atoms with Crippen LogP contribution in [0.3, 0.4) is 0 Å². The number of nitriles is 1. The normalized spacial score (nSPS) is 21.8. The zero-order chi connectivity index (χ0) is 13.7. The lowest BCUT2D eigenvalue weighted by molar-refractivity contribution is 0.0417. The van der Waals surface area contributed by atoms with E-state index in [9.17, 15) is 10.2 Å². The maximum atomic E-state index is 10.2. The number of hydrogen-bond acceptors (Lipinski definition) is 4. The summed E-state index contributed by atoms with van der Waals surface area (Å²) in [6, 6.07) is 9.26. The molecule has 0 spiro atoms. The van der Waals surface area contributed by atoms with E-state index in [0.29, 0.717) is 12.1 Å². The molecule has 1 heterocycles. The van der Waals surface area contributed by atoms with Crippen molar-refractivity contribution in [2.45, 2.75) is 31.4 Å². The lowest BCUT2D eigenvalue weighted by Crippen LogP contribution is -2.43. The molecule has 1 unspecified atom stereocenters. The Morgan fingerprint density at radius 1 is 1.32 bits per heavy atom. The highest BCUT2D eigenvalue weighted by atomic mass is 16.3. The van der Waals surface area contributed by atoms with Crippen molar-refractivity contribution in [2.24, 2.45) is 0 Å². The third-order valence-corrected chi connectivity index (χ3v) is 3.79. The van der Waals surface area contributed by atoms with Crippen LogP contribution < -0.4 is 0 Å². The number of likely N-dealkylation sites (tertiary alicyclic amines) is 1. The van der Waals surface area contributed by atoms with Crippen LogP contribution in [0.5, 0.6) is 0 Å². The Bertz CT molecular complexity index is 438. The van der Waals surface area contributed by atoms with Gasteiger partial charge in [-0.05, 0) is 37.1 Å². The van der Waals surface area contributed by atoms with Crippen LogP contribution in [0, 0.1) is 11.3 Å². The van der Waals surface area contributed by atoms with Crippen molar-refractivity contribution >= 4 is 0 Å². The van der Waals surface area contributed by atoms with E-state index in [2.05, 4.69) is 11.0 Å². The van der Waals surface area contributed by atoms with Crippen molar-refractivity contribution in [1.82, 2.24) is 4.90 Å². The van der Waals surface area contributed by atoms with Gasteiger partial charge in [0.15, 0.2) is 0 Å². The van der Waals surface area contributed by atoms with Gasteiger partial charge in [-0.1, -0.05) is 18.6 Å². The standard InChI is InChI=1S/C15H20N2O2/c16-9-12-4-6-13(7-5-12)15(19)10-17-8-2-1-3-14(17)11-18/h4-7,14-15,18-19H,1-3,8,10-11H2/t14-,15?/m1/s1. The van der Waals surface area contributed by atoms with Gasteiger partial charge in [0.05, 0.1) is 24.3 Å². The van der Waals surface area contributed by atoms with E-state index in [1.54, 1.807) is 24.3 Å². The number of hydrogen-bond donors (Lipinski definition) is 2. The molecular formula is C15H20N2O2. The molecule has 1 fully saturated rings. The SMILES string of the molecule is N#Cc1ccc(C(O)CN2CCCC[C@@H]2CO)cc1. The van der Waals surface area contributed by atoms with Crippen LogP contribution in [0.4, 0.5) is 0 Å². The summed E-state index contributed by atoms with van der Waals surface area (Å²) < 4.78 is 0. The Morgan fingerprint density at radius 2 is 2.05 bits per heavy atom. The van der Waals surface area contributed by atoms with Gasteiger partial charge in [-0.25, -0.2) is 0 Å². The van der Waals surface area contributed by atoms with E-state index in [-0.39, 0.29) is 12.6 Å². The second-order valence-electron chi connectivity index (χ2n) is 5.08. The van der Waals surface area contributed by atoms with Crippen molar-refractivity contribution in [3.8, 4) is 6.07 Å². The maximum Gasteiger partial charge on any atom is 0.0991 e. The fourth-order valence-corrected chi connectivity index (χ4v) is 2.61. The highest BCUT2D eigenvalue weighted by Gasteiger charge is 2.24. The average Bonchev–Trinajstić information content (AvgIpc) is 2.48. The number of nitrogens with zero attached hydrogens (tertiary/aromatic N) is 2. The molecule has 0 radical (unpaired) electrons. The Hall–Kier alpha value is -1.41. The molecule has 19 heavy (non-hydrogen) atoms. The van der Waals surface area contributed by atoms with Crippen molar-refractivity contribution < 1.29 is 10.2 Å². The monoisotopic (exact) mass is 260 g/mol. The first kappa shape index (κ1) is 14.0. The first-order chi connectivity index (χ1) is 9.24. The van der Waals surface area contributed by atoms with Crippen LogP contribution in [-0.4, -0.2) is 40.9 Å². The fraction of sp³-hybridized carbons (Fsp3) is 0.533. The van der Waals surface area contributed by atoms with Crippen molar-refractivity contribution in [3.63, 3.8) is 0 Å². The van der Waals surface area contributed by atoms with Gasteiger partial charge in [0.1, 0.15) is 0 Å². The third-order valence-electron chi connectivity index (χ3n) is 3.79. The van der Waals surface area contributed by atoms with Gasteiger partial charge >= 0.3 is 0 Å². The molecule has 0 bridgehead atoms. The molecule has 1 aromatic carbocycles. The highest BCUT2D eigenvalue weighted by molar-refractivity contribution is 5.32. The maximum absolute atomic E-state index is 10.2. The van der Waals surface area contributed by atoms with Crippen LogP contribution in [0.1, 0.15) is 36.5 Å². The minimum Gasteiger partial charge on any atom is -0.395 e. The second-order valence-corrected chi connectivity index (χ2v) is 5.08. The summed E-state index contributed by atoms with van der Waals surface area (Å²) in [6.07, 6.45) is 2.70. The number of β-amino-alcohol motifs (C(OH)–C–C–N with tert-alkyl or cyclic N) is 1. The Balaban J connectivity index is 1.99. The molecule has 4 heteroatoms. The zero-order valence-electron chi connectivity index (χ0n) is 11.0. The van der Waals surface area contributed by atoms with Crippen LogP contribution >= 0.6 is 0 Å². The molecular weight excluding hydrogens is 240 g/mol. The predicted molar refractivity (Wildman–Crippen MR) is 72.4 cm³/mol. The minimum absolute atomic E-state index is 0.153.